The number of fused-ring (bicyclic) bond motifs is 1. The third kappa shape index (κ3) is 4.66. The average molecular weight is 493 g/mol. The van der Waals surface area contributed by atoms with Gasteiger partial charge in [-0.1, -0.05) is 17.7 Å². The molecular formula is C24H21ClN6O4. The molecule has 3 aromatic carbocycles. The maximum atomic E-state index is 12.9. The normalized spacial score (nSPS) is 13.7. The smallest absolute Gasteiger partial charge is 0.293 e. The number of nitro benzene ring substituents is 1. The molecular weight excluding hydrogens is 472 g/mol. The first-order valence-corrected chi connectivity index (χ1v) is 11.3. The molecule has 178 valence electrons. The zero-order chi connectivity index (χ0) is 24.5. The van der Waals surface area contributed by atoms with E-state index in [0.717, 1.165) is 11.3 Å². The van der Waals surface area contributed by atoms with Crippen molar-refractivity contribution in [2.75, 3.05) is 36.5 Å². The molecule has 0 bridgehead atoms. The first-order valence-electron chi connectivity index (χ1n) is 11.0. The van der Waals surface area contributed by atoms with Crippen molar-refractivity contribution in [1.82, 2.24) is 15.0 Å². The molecule has 11 heteroatoms. The molecule has 2 heterocycles. The molecule has 5 rings (SSSR count). The van der Waals surface area contributed by atoms with Gasteiger partial charge in [0, 0.05) is 35.4 Å². The topological polar surface area (TPSA) is 115 Å². The Bertz CT molecular complexity index is 1450. The summed E-state index contributed by atoms with van der Waals surface area (Å²) in [6, 6.07) is 15.2. The molecule has 1 aliphatic heterocycles. The second-order valence-corrected chi connectivity index (χ2v) is 8.55. The predicted octanol–water partition coefficient (Wildman–Crippen LogP) is 4.38. The zero-order valence-corrected chi connectivity index (χ0v) is 19.5. The summed E-state index contributed by atoms with van der Waals surface area (Å²) >= 11 is 6.22. The molecule has 1 fully saturated rings. The molecule has 1 saturated heterocycles. The van der Waals surface area contributed by atoms with Crippen molar-refractivity contribution >= 4 is 45.6 Å². The van der Waals surface area contributed by atoms with E-state index in [4.69, 9.17) is 16.3 Å². The summed E-state index contributed by atoms with van der Waals surface area (Å²) in [4.78, 5) is 27.5. The molecule has 0 radical (unpaired) electrons. The number of nitrogens with one attached hydrogen (secondary N) is 1. The quantitative estimate of drug-likeness (QED) is 0.324. The van der Waals surface area contributed by atoms with Crippen LogP contribution >= 0.6 is 11.6 Å². The van der Waals surface area contributed by atoms with Gasteiger partial charge in [-0.2, -0.15) is 4.80 Å². The lowest BCUT2D eigenvalue weighted by Gasteiger charge is -2.28. The van der Waals surface area contributed by atoms with Gasteiger partial charge in [-0.25, -0.2) is 0 Å². The Balaban J connectivity index is 1.38. The van der Waals surface area contributed by atoms with E-state index in [9.17, 15) is 14.9 Å². The van der Waals surface area contributed by atoms with Gasteiger partial charge in [-0.15, -0.1) is 10.2 Å². The van der Waals surface area contributed by atoms with Crippen LogP contribution in [-0.2, 0) is 4.74 Å². The van der Waals surface area contributed by atoms with Crippen LogP contribution in [0.5, 0.6) is 0 Å². The van der Waals surface area contributed by atoms with Crippen molar-refractivity contribution in [2.24, 2.45) is 0 Å². The van der Waals surface area contributed by atoms with E-state index in [-0.39, 0.29) is 11.3 Å². The SMILES string of the molecule is Cc1ccc(-n2nc3ccc(NC(=O)c4ccc(N5CCOCC5)c([N+](=O)[O-])c4)cc3n2)cc1Cl. The molecule has 0 unspecified atom stereocenters. The Morgan fingerprint density at radius 3 is 2.57 bits per heavy atom. The third-order valence-electron chi connectivity index (χ3n) is 5.81. The van der Waals surface area contributed by atoms with Gasteiger partial charge in [0.05, 0.1) is 23.8 Å². The largest absolute Gasteiger partial charge is 0.378 e. The highest BCUT2D eigenvalue weighted by atomic mass is 35.5. The maximum Gasteiger partial charge on any atom is 0.293 e. The number of nitrogens with zero attached hydrogens (tertiary/aromatic N) is 5. The first kappa shape index (κ1) is 22.8. The summed E-state index contributed by atoms with van der Waals surface area (Å²) in [6.07, 6.45) is 0. The van der Waals surface area contributed by atoms with E-state index in [1.807, 2.05) is 24.0 Å². The summed E-state index contributed by atoms with van der Waals surface area (Å²) < 4.78 is 5.32. The van der Waals surface area contributed by atoms with Crippen LogP contribution in [0, 0.1) is 17.0 Å². The minimum atomic E-state index is -0.469. The van der Waals surface area contributed by atoms with Gasteiger partial charge in [-0.3, -0.25) is 14.9 Å². The molecule has 1 N–H and O–H groups in total. The number of morpholine rings is 1. The fraction of sp³-hybridized carbons (Fsp3) is 0.208. The van der Waals surface area contributed by atoms with Gasteiger partial charge in [0.25, 0.3) is 11.6 Å². The van der Waals surface area contributed by atoms with Crippen LogP contribution in [-0.4, -0.2) is 52.1 Å². The summed E-state index contributed by atoms with van der Waals surface area (Å²) in [5.41, 5.74) is 3.94. The standard InChI is InChI=1S/C24H21ClN6O4/c1-15-2-5-18(14-19(15)25)30-27-20-6-4-17(13-21(20)28-30)26-24(32)16-3-7-22(23(12-16)31(33)34)29-8-10-35-11-9-29/h2-7,12-14H,8-11H2,1H3,(H,26,32). The number of rotatable bonds is 5. The van der Waals surface area contributed by atoms with Gasteiger partial charge < -0.3 is 15.0 Å². The predicted molar refractivity (Wildman–Crippen MR) is 133 cm³/mol. The highest BCUT2D eigenvalue weighted by molar-refractivity contribution is 6.31. The van der Waals surface area contributed by atoms with Crippen LogP contribution in [0.3, 0.4) is 0 Å². The summed E-state index contributed by atoms with van der Waals surface area (Å²) in [5, 5.41) is 24.0. The van der Waals surface area contributed by atoms with Crippen molar-refractivity contribution in [3.63, 3.8) is 0 Å². The number of carbonyl (C=O) groups is 1. The van der Waals surface area contributed by atoms with Crippen molar-refractivity contribution in [3.05, 3.63) is 80.9 Å². The van der Waals surface area contributed by atoms with Gasteiger partial charge >= 0.3 is 0 Å². The second-order valence-electron chi connectivity index (χ2n) is 8.14. The highest BCUT2D eigenvalue weighted by Gasteiger charge is 2.23. The lowest BCUT2D eigenvalue weighted by atomic mass is 10.1. The number of aryl methyl sites for hydroxylation is 1. The van der Waals surface area contributed by atoms with Crippen molar-refractivity contribution in [1.29, 1.82) is 0 Å². The van der Waals surface area contributed by atoms with Crippen LogP contribution in [0.1, 0.15) is 15.9 Å². The molecule has 1 aliphatic rings. The Hall–Kier alpha value is -4.02. The molecule has 0 spiro atoms. The monoisotopic (exact) mass is 492 g/mol. The number of benzene rings is 3. The van der Waals surface area contributed by atoms with Crippen LogP contribution in [0.2, 0.25) is 5.02 Å². The summed E-state index contributed by atoms with van der Waals surface area (Å²) in [7, 11) is 0. The maximum absolute atomic E-state index is 12.9. The van der Waals surface area contributed by atoms with E-state index in [2.05, 4.69) is 15.5 Å². The van der Waals surface area contributed by atoms with E-state index in [1.165, 1.54) is 10.9 Å². The Kier molecular flexibility index (Phi) is 6.06. The minimum Gasteiger partial charge on any atom is -0.378 e. The average Bonchev–Trinajstić information content (AvgIpc) is 3.29. The zero-order valence-electron chi connectivity index (χ0n) is 18.8. The van der Waals surface area contributed by atoms with Gasteiger partial charge in [-0.05, 0) is 55.0 Å². The number of carbonyl (C=O) groups excluding carboxylic acids is 1. The van der Waals surface area contributed by atoms with Crippen LogP contribution in [0.15, 0.2) is 54.6 Å². The van der Waals surface area contributed by atoms with Crippen molar-refractivity contribution in [3.8, 4) is 5.69 Å². The van der Waals surface area contributed by atoms with Gasteiger partial charge in [0.2, 0.25) is 0 Å². The molecule has 4 aromatic rings. The Morgan fingerprint density at radius 2 is 1.83 bits per heavy atom. The highest BCUT2D eigenvalue weighted by Crippen LogP contribution is 2.30. The molecule has 1 amide bonds. The van der Waals surface area contributed by atoms with Gasteiger partial charge in [0.15, 0.2) is 0 Å². The van der Waals surface area contributed by atoms with Crippen LogP contribution in [0.4, 0.5) is 17.1 Å². The molecule has 0 atom stereocenters. The number of halogens is 1. The lowest BCUT2D eigenvalue weighted by Crippen LogP contribution is -2.36. The number of hydrogen-bond acceptors (Lipinski definition) is 7. The minimum absolute atomic E-state index is 0.116. The summed E-state index contributed by atoms with van der Waals surface area (Å²) in [5.74, 6) is -0.460. The van der Waals surface area contributed by atoms with Crippen LogP contribution in [0.25, 0.3) is 16.7 Å². The van der Waals surface area contributed by atoms with Crippen molar-refractivity contribution in [2.45, 2.75) is 6.92 Å². The number of ether oxygens (including phenoxy) is 1. The van der Waals surface area contributed by atoms with Crippen LogP contribution < -0.4 is 10.2 Å². The van der Waals surface area contributed by atoms with E-state index in [0.29, 0.717) is 53.7 Å². The number of amides is 1. The number of anilines is 2. The second kappa shape index (κ2) is 9.32. The number of aromatic nitrogens is 3. The summed E-state index contributed by atoms with van der Waals surface area (Å²) in [6.45, 7) is 4.04. The number of hydrogen-bond donors (Lipinski definition) is 1. The van der Waals surface area contributed by atoms with Gasteiger partial charge in [0.1, 0.15) is 16.7 Å². The fourth-order valence-electron chi connectivity index (χ4n) is 3.90. The molecule has 35 heavy (non-hydrogen) atoms. The molecule has 10 nitrogen and oxygen atoms in total. The Labute approximate surface area is 205 Å². The molecule has 1 aromatic heterocycles. The van der Waals surface area contributed by atoms with E-state index < -0.39 is 10.8 Å². The van der Waals surface area contributed by atoms with E-state index in [1.54, 1.807) is 36.4 Å². The fourth-order valence-corrected chi connectivity index (χ4v) is 4.07. The van der Waals surface area contributed by atoms with E-state index >= 15 is 0 Å². The lowest BCUT2D eigenvalue weighted by molar-refractivity contribution is -0.384. The Morgan fingerprint density at radius 1 is 1.06 bits per heavy atom. The first-order chi connectivity index (χ1) is 16.9. The molecule has 0 aliphatic carbocycles. The number of nitro groups is 1. The molecule has 0 saturated carbocycles. The van der Waals surface area contributed by atoms with Crippen molar-refractivity contribution < 1.29 is 14.5 Å². The third-order valence-corrected chi connectivity index (χ3v) is 6.22.